The Hall–Kier alpha value is -6.42. The molecule has 2 nitrogen and oxygen atoms in total. The molecular formula is C51H34N2S. The van der Waals surface area contributed by atoms with Crippen LogP contribution in [-0.4, -0.2) is 9.97 Å². The minimum Gasteiger partial charge on any atom is -0.228 e. The molecule has 2 heterocycles. The third-order valence-corrected chi connectivity index (χ3v) is 12.6. The highest BCUT2D eigenvalue weighted by atomic mass is 32.1. The van der Waals surface area contributed by atoms with E-state index in [0.717, 1.165) is 33.9 Å². The average Bonchev–Trinajstić information content (AvgIpc) is 3.71. The van der Waals surface area contributed by atoms with Crippen LogP contribution in [0.25, 0.3) is 97.9 Å². The molecule has 0 N–H and O–H groups in total. The molecule has 0 saturated heterocycles. The summed E-state index contributed by atoms with van der Waals surface area (Å²) in [5.74, 6) is 0.723. The first-order valence-electron chi connectivity index (χ1n) is 18.6. The van der Waals surface area contributed by atoms with Gasteiger partial charge in [-0.2, -0.15) is 0 Å². The van der Waals surface area contributed by atoms with E-state index in [-0.39, 0.29) is 5.41 Å². The molecule has 0 atom stereocenters. The van der Waals surface area contributed by atoms with Crippen LogP contribution in [0.3, 0.4) is 0 Å². The number of rotatable bonds is 4. The first kappa shape index (κ1) is 31.1. The third-order valence-electron chi connectivity index (χ3n) is 11.5. The van der Waals surface area contributed by atoms with Gasteiger partial charge in [-0.1, -0.05) is 153 Å². The van der Waals surface area contributed by atoms with Gasteiger partial charge in [-0.05, 0) is 85.3 Å². The second-order valence-electron chi connectivity index (χ2n) is 14.9. The summed E-state index contributed by atoms with van der Waals surface area (Å²) in [5, 5.41) is 7.47. The summed E-state index contributed by atoms with van der Waals surface area (Å²) < 4.78 is 2.55. The van der Waals surface area contributed by atoms with Gasteiger partial charge in [0, 0.05) is 42.3 Å². The SMILES string of the molecule is CC1(C)c2cc3ccccc3cc2-c2cccc(-c3ccc(-c4cc(-c5cccc6sc7ccccc7c56)nc(-c5ccccc5)n4)c4ccccc34)c21. The maximum Gasteiger partial charge on any atom is 0.160 e. The third kappa shape index (κ3) is 4.65. The van der Waals surface area contributed by atoms with Crippen LogP contribution in [-0.2, 0) is 5.41 Å². The number of aromatic nitrogens is 2. The quantitative estimate of drug-likeness (QED) is 0.182. The van der Waals surface area contributed by atoms with Gasteiger partial charge >= 0.3 is 0 Å². The predicted molar refractivity (Wildman–Crippen MR) is 229 cm³/mol. The molecule has 0 saturated carbocycles. The molecule has 0 radical (unpaired) electrons. The van der Waals surface area contributed by atoms with Gasteiger partial charge in [0.15, 0.2) is 5.82 Å². The second-order valence-corrected chi connectivity index (χ2v) is 16.0. The first-order valence-corrected chi connectivity index (χ1v) is 19.4. The Labute approximate surface area is 318 Å². The molecule has 1 aliphatic carbocycles. The van der Waals surface area contributed by atoms with Crippen molar-refractivity contribution in [1.82, 2.24) is 9.97 Å². The fourth-order valence-electron chi connectivity index (χ4n) is 8.97. The minimum absolute atomic E-state index is 0.163. The lowest BCUT2D eigenvalue weighted by Crippen LogP contribution is -2.16. The predicted octanol–water partition coefficient (Wildman–Crippen LogP) is 14.1. The van der Waals surface area contributed by atoms with Crippen molar-refractivity contribution in [3.63, 3.8) is 0 Å². The van der Waals surface area contributed by atoms with E-state index < -0.39 is 0 Å². The molecule has 0 fully saturated rings. The largest absolute Gasteiger partial charge is 0.228 e. The van der Waals surface area contributed by atoms with Crippen molar-refractivity contribution in [2.75, 3.05) is 0 Å². The van der Waals surface area contributed by atoms with Crippen LogP contribution in [0, 0.1) is 0 Å². The molecule has 11 rings (SSSR count). The van der Waals surface area contributed by atoms with Crippen LogP contribution in [0.2, 0.25) is 0 Å². The molecule has 54 heavy (non-hydrogen) atoms. The zero-order valence-corrected chi connectivity index (χ0v) is 30.8. The molecule has 2 aromatic heterocycles. The molecule has 0 bridgehead atoms. The van der Waals surface area contributed by atoms with Crippen LogP contribution >= 0.6 is 11.3 Å². The molecule has 254 valence electrons. The molecule has 1 aliphatic rings. The smallest absolute Gasteiger partial charge is 0.160 e. The number of nitrogens with zero attached hydrogens (tertiary/aromatic N) is 2. The summed E-state index contributed by atoms with van der Waals surface area (Å²) in [6.07, 6.45) is 0. The summed E-state index contributed by atoms with van der Waals surface area (Å²) in [6.45, 7) is 4.77. The van der Waals surface area contributed by atoms with E-state index in [1.54, 1.807) is 0 Å². The van der Waals surface area contributed by atoms with Crippen LogP contribution in [0.5, 0.6) is 0 Å². The summed E-state index contributed by atoms with van der Waals surface area (Å²) in [4.78, 5) is 10.6. The van der Waals surface area contributed by atoms with E-state index in [1.165, 1.54) is 75.1 Å². The van der Waals surface area contributed by atoms with E-state index in [1.807, 2.05) is 17.4 Å². The van der Waals surface area contributed by atoms with Gasteiger partial charge < -0.3 is 0 Å². The fourth-order valence-corrected chi connectivity index (χ4v) is 10.1. The van der Waals surface area contributed by atoms with Gasteiger partial charge in [-0.15, -0.1) is 11.3 Å². The van der Waals surface area contributed by atoms with E-state index in [2.05, 4.69) is 178 Å². The Morgan fingerprint density at radius 1 is 0.426 bits per heavy atom. The highest BCUT2D eigenvalue weighted by Crippen LogP contribution is 2.54. The Morgan fingerprint density at radius 3 is 1.80 bits per heavy atom. The van der Waals surface area contributed by atoms with E-state index in [0.29, 0.717) is 0 Å². The van der Waals surface area contributed by atoms with Crippen LogP contribution < -0.4 is 0 Å². The van der Waals surface area contributed by atoms with Gasteiger partial charge in [0.25, 0.3) is 0 Å². The van der Waals surface area contributed by atoms with Gasteiger partial charge in [0.1, 0.15) is 0 Å². The monoisotopic (exact) mass is 706 g/mol. The Morgan fingerprint density at radius 2 is 1.00 bits per heavy atom. The molecular weight excluding hydrogens is 673 g/mol. The lowest BCUT2D eigenvalue weighted by molar-refractivity contribution is 0.663. The summed E-state index contributed by atoms with van der Waals surface area (Å²) in [6, 6.07) is 61.6. The maximum absolute atomic E-state index is 5.31. The topological polar surface area (TPSA) is 25.8 Å². The second kappa shape index (κ2) is 11.8. The van der Waals surface area contributed by atoms with Crippen molar-refractivity contribution in [3.05, 3.63) is 181 Å². The summed E-state index contributed by atoms with van der Waals surface area (Å²) in [5.41, 5.74) is 12.9. The molecule has 10 aromatic rings. The Kier molecular flexibility index (Phi) is 6.80. The molecule has 8 aromatic carbocycles. The van der Waals surface area contributed by atoms with Crippen molar-refractivity contribution in [2.45, 2.75) is 19.3 Å². The summed E-state index contributed by atoms with van der Waals surface area (Å²) in [7, 11) is 0. The van der Waals surface area contributed by atoms with Crippen LogP contribution in [0.1, 0.15) is 25.0 Å². The zero-order valence-electron chi connectivity index (χ0n) is 30.0. The molecule has 0 amide bonds. The Bertz CT molecular complexity index is 3130. The van der Waals surface area contributed by atoms with Gasteiger partial charge in [0.05, 0.1) is 11.4 Å². The lowest BCUT2D eigenvalue weighted by atomic mass is 9.78. The fraction of sp³-hybridized carbons (Fsp3) is 0.0588. The van der Waals surface area contributed by atoms with Gasteiger partial charge in [-0.25, -0.2) is 9.97 Å². The molecule has 0 unspecified atom stereocenters. The Balaban J connectivity index is 1.13. The van der Waals surface area contributed by atoms with E-state index >= 15 is 0 Å². The van der Waals surface area contributed by atoms with Crippen LogP contribution in [0.4, 0.5) is 0 Å². The standard InChI is InChI=1S/C51H34N2S/c1-51(2)43-29-33-17-7-6-16-32(33)28-42(43)39-22-12-21-38(49(39)51)36-26-27-37(35-19-9-8-18-34(35)36)44-30-45(53-50(52-44)31-14-4-3-5-15-31)40-23-13-25-47-48(40)41-20-10-11-24-46(41)54-47/h3-30H,1-2H3. The number of hydrogen-bond donors (Lipinski definition) is 0. The van der Waals surface area contributed by atoms with Crippen molar-refractivity contribution < 1.29 is 0 Å². The molecule has 0 spiro atoms. The number of fused-ring (bicyclic) bond motifs is 8. The van der Waals surface area contributed by atoms with Gasteiger partial charge in [0.2, 0.25) is 0 Å². The van der Waals surface area contributed by atoms with Crippen molar-refractivity contribution in [3.8, 4) is 56.2 Å². The van der Waals surface area contributed by atoms with Crippen molar-refractivity contribution in [2.24, 2.45) is 0 Å². The van der Waals surface area contributed by atoms with Crippen LogP contribution in [0.15, 0.2) is 170 Å². The molecule has 3 heteroatoms. The highest BCUT2D eigenvalue weighted by Gasteiger charge is 2.38. The van der Waals surface area contributed by atoms with Crippen molar-refractivity contribution >= 4 is 53.1 Å². The van der Waals surface area contributed by atoms with Crippen molar-refractivity contribution in [1.29, 1.82) is 0 Å². The molecule has 0 aliphatic heterocycles. The summed E-state index contributed by atoms with van der Waals surface area (Å²) >= 11 is 1.83. The normalized spacial score (nSPS) is 13.1. The lowest BCUT2D eigenvalue weighted by Gasteiger charge is -2.25. The number of hydrogen-bond acceptors (Lipinski definition) is 3. The number of benzene rings is 8. The van der Waals surface area contributed by atoms with E-state index in [9.17, 15) is 0 Å². The first-order chi connectivity index (χ1) is 26.5. The zero-order chi connectivity index (χ0) is 36.0. The van der Waals surface area contributed by atoms with Gasteiger partial charge in [-0.3, -0.25) is 0 Å². The highest BCUT2D eigenvalue weighted by molar-refractivity contribution is 7.25. The maximum atomic E-state index is 5.31. The minimum atomic E-state index is -0.163. The number of thiophene rings is 1. The average molecular weight is 707 g/mol. The van der Waals surface area contributed by atoms with E-state index in [4.69, 9.17) is 9.97 Å².